The summed E-state index contributed by atoms with van der Waals surface area (Å²) in [6.45, 7) is 0. The van der Waals surface area contributed by atoms with Gasteiger partial charge in [-0.25, -0.2) is 22.7 Å². The highest BCUT2D eigenvalue weighted by atomic mass is 32.2. The number of sulfonamides is 1. The molecule has 0 heterocycles. The molecule has 22 heavy (non-hydrogen) atoms. The van der Waals surface area contributed by atoms with Crippen molar-refractivity contribution in [1.29, 1.82) is 0 Å². The first-order chi connectivity index (χ1) is 10.0. The molecule has 0 saturated heterocycles. The number of nitrogens with one attached hydrogen (secondary N) is 2. The number of benzene rings is 1. The van der Waals surface area contributed by atoms with E-state index in [-0.39, 0.29) is 5.56 Å². The molecule has 0 saturated carbocycles. The predicted molar refractivity (Wildman–Crippen MR) is 69.3 cm³/mol. The molecule has 7 nitrogen and oxygen atoms in total. The van der Waals surface area contributed by atoms with Crippen molar-refractivity contribution in [2.24, 2.45) is 5.73 Å². The number of carbonyl (C=O) groups is 2. The molecule has 0 aliphatic heterocycles. The summed E-state index contributed by atoms with van der Waals surface area (Å²) in [6, 6.07) is 2.22. The van der Waals surface area contributed by atoms with Crippen molar-refractivity contribution in [3.8, 4) is 0 Å². The number of aryl methyl sites for hydroxylation is 1. The first-order valence-electron chi connectivity index (χ1n) is 5.79. The van der Waals surface area contributed by atoms with Crippen LogP contribution >= 0.6 is 0 Å². The second-order valence-electron chi connectivity index (χ2n) is 4.15. The maximum absolute atomic E-state index is 12.2. The smallest absolute Gasteiger partial charge is 0.351 e. The van der Waals surface area contributed by atoms with Crippen molar-refractivity contribution < 1.29 is 31.2 Å². The quantitative estimate of drug-likeness (QED) is 0.765. The highest BCUT2D eigenvalue weighted by Gasteiger charge is 2.28. The van der Waals surface area contributed by atoms with Gasteiger partial charge in [0.15, 0.2) is 0 Å². The van der Waals surface area contributed by atoms with E-state index in [2.05, 4.69) is 5.73 Å². The molecule has 1 aromatic rings. The van der Waals surface area contributed by atoms with Crippen LogP contribution in [0, 0.1) is 0 Å². The molecule has 0 atom stereocenters. The van der Waals surface area contributed by atoms with Crippen LogP contribution in [-0.2, 0) is 16.4 Å². The van der Waals surface area contributed by atoms with Crippen molar-refractivity contribution >= 4 is 22.1 Å². The highest BCUT2D eigenvalue weighted by Crippen LogP contribution is 2.24. The van der Waals surface area contributed by atoms with Crippen LogP contribution in [0.5, 0.6) is 0 Å². The minimum atomic E-state index is -4.45. The first-order valence-corrected chi connectivity index (χ1v) is 7.27. The average molecular weight is 339 g/mol. The number of carbonyl (C=O) groups excluding carboxylic acids is 2. The number of nitrogens with two attached hydrogens (primary N) is 1. The molecule has 0 aliphatic rings. The lowest BCUT2D eigenvalue weighted by molar-refractivity contribution is -0.134. The first kappa shape index (κ1) is 17.8. The number of hydrogen-bond acceptors (Lipinski definition) is 4. The summed E-state index contributed by atoms with van der Waals surface area (Å²) in [5.74, 6) is 0. The summed E-state index contributed by atoms with van der Waals surface area (Å²) in [6.07, 6.45) is -6.24. The number of imide groups is 1. The standard InChI is InChI=1S/C11H12F3N3O4S/c12-11(13,14)6-5-7-3-1-2-4-8(7)22(20,21)17-10(19)16-9(15)18/h1-4H,5-6H2,(H4,15,16,17,18,19). The van der Waals surface area contributed by atoms with Crippen molar-refractivity contribution in [3.05, 3.63) is 29.8 Å². The Kier molecular flexibility index (Phi) is 5.36. The van der Waals surface area contributed by atoms with Gasteiger partial charge in [-0.15, -0.1) is 0 Å². The molecule has 1 rings (SSSR count). The van der Waals surface area contributed by atoms with Crippen LogP contribution < -0.4 is 15.8 Å². The summed E-state index contributed by atoms with van der Waals surface area (Å²) in [7, 11) is -4.44. The monoisotopic (exact) mass is 339 g/mol. The van der Waals surface area contributed by atoms with Gasteiger partial charge in [-0.3, -0.25) is 5.32 Å². The summed E-state index contributed by atoms with van der Waals surface area (Å²) in [4.78, 5) is 21.1. The van der Waals surface area contributed by atoms with E-state index in [4.69, 9.17) is 0 Å². The third kappa shape index (κ3) is 5.60. The van der Waals surface area contributed by atoms with E-state index in [9.17, 15) is 31.2 Å². The molecular weight excluding hydrogens is 327 g/mol. The molecule has 4 amide bonds. The minimum absolute atomic E-state index is 0.112. The number of primary amides is 1. The molecule has 1 aromatic carbocycles. The Balaban J connectivity index is 2.99. The van der Waals surface area contributed by atoms with Gasteiger partial charge in [0.2, 0.25) is 0 Å². The van der Waals surface area contributed by atoms with E-state index in [1.165, 1.54) is 28.2 Å². The summed E-state index contributed by atoms with van der Waals surface area (Å²) in [5, 5.41) is 1.47. The van der Waals surface area contributed by atoms with Gasteiger partial charge in [-0.2, -0.15) is 13.2 Å². The normalized spacial score (nSPS) is 11.8. The Morgan fingerprint density at radius 3 is 2.32 bits per heavy atom. The number of rotatable bonds is 4. The molecule has 0 aliphatic carbocycles. The van der Waals surface area contributed by atoms with Crippen LogP contribution in [-0.4, -0.2) is 26.7 Å². The Bertz CT molecular complexity index is 673. The molecule has 122 valence electrons. The summed E-state index contributed by atoms with van der Waals surface area (Å²) in [5.41, 5.74) is 4.53. The molecule has 0 unspecified atom stereocenters. The topological polar surface area (TPSA) is 118 Å². The van der Waals surface area contributed by atoms with Gasteiger partial charge >= 0.3 is 18.2 Å². The highest BCUT2D eigenvalue weighted by molar-refractivity contribution is 7.90. The molecule has 0 spiro atoms. The Morgan fingerprint density at radius 2 is 1.77 bits per heavy atom. The van der Waals surface area contributed by atoms with Crippen molar-refractivity contribution in [2.75, 3.05) is 0 Å². The van der Waals surface area contributed by atoms with Crippen LogP contribution in [0.15, 0.2) is 29.2 Å². The van der Waals surface area contributed by atoms with Gasteiger partial charge in [-0.05, 0) is 18.1 Å². The fourth-order valence-electron chi connectivity index (χ4n) is 1.56. The molecule has 11 heteroatoms. The van der Waals surface area contributed by atoms with Crippen LogP contribution in [0.1, 0.15) is 12.0 Å². The summed E-state index contributed by atoms with van der Waals surface area (Å²) >= 11 is 0. The van der Waals surface area contributed by atoms with E-state index < -0.39 is 46.0 Å². The zero-order chi connectivity index (χ0) is 17.0. The number of halogens is 3. The fourth-order valence-corrected chi connectivity index (χ4v) is 2.74. The van der Waals surface area contributed by atoms with Gasteiger partial charge in [0.1, 0.15) is 0 Å². The minimum Gasteiger partial charge on any atom is -0.351 e. The van der Waals surface area contributed by atoms with Crippen LogP contribution in [0.4, 0.5) is 22.8 Å². The number of amides is 4. The van der Waals surface area contributed by atoms with Crippen molar-refractivity contribution in [1.82, 2.24) is 10.0 Å². The molecule has 4 N–H and O–H groups in total. The fraction of sp³-hybridized carbons (Fsp3) is 0.273. The second-order valence-corrected chi connectivity index (χ2v) is 5.80. The van der Waals surface area contributed by atoms with E-state index in [0.717, 1.165) is 6.07 Å². The van der Waals surface area contributed by atoms with Gasteiger partial charge in [0, 0.05) is 6.42 Å². The Hall–Kier alpha value is -2.30. The lowest BCUT2D eigenvalue weighted by Gasteiger charge is -2.12. The van der Waals surface area contributed by atoms with Crippen LogP contribution in [0.3, 0.4) is 0 Å². The predicted octanol–water partition coefficient (Wildman–Crippen LogP) is 1.25. The molecular formula is C11H12F3N3O4S. The van der Waals surface area contributed by atoms with E-state index in [1.54, 1.807) is 0 Å². The lowest BCUT2D eigenvalue weighted by atomic mass is 10.1. The summed E-state index contributed by atoms with van der Waals surface area (Å²) < 4.78 is 62.1. The van der Waals surface area contributed by atoms with Gasteiger partial charge in [0.25, 0.3) is 10.0 Å². The number of urea groups is 2. The second kappa shape index (κ2) is 6.64. The van der Waals surface area contributed by atoms with Crippen molar-refractivity contribution in [2.45, 2.75) is 23.9 Å². The van der Waals surface area contributed by atoms with Gasteiger partial charge in [-0.1, -0.05) is 18.2 Å². The van der Waals surface area contributed by atoms with E-state index in [0.29, 0.717) is 0 Å². The molecule has 0 bridgehead atoms. The zero-order valence-electron chi connectivity index (χ0n) is 11.0. The molecule has 0 fully saturated rings. The van der Waals surface area contributed by atoms with Crippen LogP contribution in [0.25, 0.3) is 0 Å². The maximum Gasteiger partial charge on any atom is 0.389 e. The SMILES string of the molecule is NC(=O)NC(=O)NS(=O)(=O)c1ccccc1CCC(F)(F)F. The number of alkyl halides is 3. The third-order valence-corrected chi connectivity index (χ3v) is 3.84. The molecule has 0 aromatic heterocycles. The maximum atomic E-state index is 12.2. The number of hydrogen-bond donors (Lipinski definition) is 3. The van der Waals surface area contributed by atoms with Gasteiger partial charge in [0.05, 0.1) is 4.90 Å². The lowest BCUT2D eigenvalue weighted by Crippen LogP contribution is -2.44. The van der Waals surface area contributed by atoms with E-state index >= 15 is 0 Å². The van der Waals surface area contributed by atoms with Gasteiger partial charge < -0.3 is 5.73 Å². The molecule has 0 radical (unpaired) electrons. The van der Waals surface area contributed by atoms with Crippen molar-refractivity contribution in [3.63, 3.8) is 0 Å². The average Bonchev–Trinajstić information content (AvgIpc) is 2.34. The zero-order valence-corrected chi connectivity index (χ0v) is 11.8. The Morgan fingerprint density at radius 1 is 1.18 bits per heavy atom. The van der Waals surface area contributed by atoms with E-state index in [1.807, 2.05) is 0 Å². The largest absolute Gasteiger partial charge is 0.389 e. The Labute approximate surface area is 123 Å². The third-order valence-electron chi connectivity index (χ3n) is 2.40. The van der Waals surface area contributed by atoms with Crippen LogP contribution in [0.2, 0.25) is 0 Å².